The minimum Gasteiger partial charge on any atom is -0.497 e. The topological polar surface area (TPSA) is 79.7 Å². The zero-order chi connectivity index (χ0) is 21.5. The van der Waals surface area contributed by atoms with Gasteiger partial charge < -0.3 is 24.8 Å². The number of aromatic nitrogens is 2. The van der Waals surface area contributed by atoms with E-state index in [-0.39, 0.29) is 0 Å². The molecule has 1 unspecified atom stereocenters. The number of hydrogen-bond donors (Lipinski definition) is 2. The van der Waals surface area contributed by atoms with Crippen LogP contribution in [0.2, 0.25) is 0 Å². The minimum atomic E-state index is -0.561. The molecule has 0 aliphatic carbocycles. The van der Waals surface area contributed by atoms with Gasteiger partial charge in [0.05, 0.1) is 18.7 Å². The molecule has 7 heteroatoms. The van der Waals surface area contributed by atoms with Gasteiger partial charge in [0.1, 0.15) is 12.4 Å². The third-order valence-electron chi connectivity index (χ3n) is 5.78. The van der Waals surface area contributed by atoms with Gasteiger partial charge in [-0.2, -0.15) is 0 Å². The Kier molecular flexibility index (Phi) is 7.30. The smallest absolute Gasteiger partial charge is 0.213 e. The van der Waals surface area contributed by atoms with E-state index in [1.54, 1.807) is 19.5 Å². The standard InChI is InChI=1S/C24H30N4O3/c1-30-19-5-6-22-21(16-19)20(7-11-26-22)23(29)17-28-13-8-18(9-14-28)25-12-15-31-24-4-2-3-10-27-24/h2-7,10-11,16,18,23,25,29H,8-9,12-15,17H2,1H3. The van der Waals surface area contributed by atoms with Crippen LogP contribution in [0.15, 0.2) is 54.9 Å². The summed E-state index contributed by atoms with van der Waals surface area (Å²) < 4.78 is 11.0. The molecule has 2 N–H and O–H groups in total. The maximum atomic E-state index is 10.9. The van der Waals surface area contributed by atoms with Crippen LogP contribution in [0.1, 0.15) is 24.5 Å². The van der Waals surface area contributed by atoms with Gasteiger partial charge in [-0.15, -0.1) is 0 Å². The third-order valence-corrected chi connectivity index (χ3v) is 5.78. The highest BCUT2D eigenvalue weighted by Crippen LogP contribution is 2.27. The van der Waals surface area contributed by atoms with Gasteiger partial charge in [0.15, 0.2) is 0 Å². The Morgan fingerprint density at radius 1 is 1.13 bits per heavy atom. The van der Waals surface area contributed by atoms with Crippen molar-refractivity contribution in [2.45, 2.75) is 25.0 Å². The van der Waals surface area contributed by atoms with Crippen LogP contribution >= 0.6 is 0 Å². The van der Waals surface area contributed by atoms with E-state index in [2.05, 4.69) is 20.2 Å². The number of pyridine rings is 2. The molecule has 1 saturated heterocycles. The summed E-state index contributed by atoms with van der Waals surface area (Å²) in [6.07, 6.45) is 5.05. The second-order valence-corrected chi connectivity index (χ2v) is 7.84. The summed E-state index contributed by atoms with van der Waals surface area (Å²) in [7, 11) is 1.65. The fraction of sp³-hybridized carbons (Fsp3) is 0.417. The molecule has 0 radical (unpaired) electrons. The van der Waals surface area contributed by atoms with Crippen LogP contribution < -0.4 is 14.8 Å². The fourth-order valence-electron chi connectivity index (χ4n) is 4.08. The molecule has 3 heterocycles. The SMILES string of the molecule is COc1ccc2nccc(C(O)CN3CCC(NCCOc4ccccn4)CC3)c2c1. The second-order valence-electron chi connectivity index (χ2n) is 7.84. The average Bonchev–Trinajstić information content (AvgIpc) is 2.82. The zero-order valence-corrected chi connectivity index (χ0v) is 17.9. The van der Waals surface area contributed by atoms with Crippen LogP contribution in [-0.4, -0.2) is 65.9 Å². The Morgan fingerprint density at radius 3 is 2.77 bits per heavy atom. The average molecular weight is 423 g/mol. The molecule has 0 bridgehead atoms. The van der Waals surface area contributed by atoms with Crippen molar-refractivity contribution >= 4 is 10.9 Å². The van der Waals surface area contributed by atoms with Crippen LogP contribution in [0.4, 0.5) is 0 Å². The van der Waals surface area contributed by atoms with Crippen LogP contribution in [-0.2, 0) is 0 Å². The second kappa shape index (κ2) is 10.5. The van der Waals surface area contributed by atoms with Gasteiger partial charge in [0.25, 0.3) is 0 Å². The predicted octanol–water partition coefficient (Wildman–Crippen LogP) is 2.80. The van der Waals surface area contributed by atoms with Crippen LogP contribution in [0.3, 0.4) is 0 Å². The van der Waals surface area contributed by atoms with Crippen LogP contribution in [0.5, 0.6) is 11.6 Å². The zero-order valence-electron chi connectivity index (χ0n) is 17.9. The molecule has 1 aliphatic rings. The van der Waals surface area contributed by atoms with E-state index in [4.69, 9.17) is 9.47 Å². The van der Waals surface area contributed by atoms with E-state index in [9.17, 15) is 5.11 Å². The summed E-state index contributed by atoms with van der Waals surface area (Å²) >= 11 is 0. The van der Waals surface area contributed by atoms with E-state index in [0.29, 0.717) is 25.1 Å². The molecule has 1 fully saturated rings. The number of rotatable bonds is 9. The predicted molar refractivity (Wildman–Crippen MR) is 120 cm³/mol. The van der Waals surface area contributed by atoms with Crippen molar-refractivity contribution in [3.05, 3.63) is 60.4 Å². The monoisotopic (exact) mass is 422 g/mol. The lowest BCUT2D eigenvalue weighted by Crippen LogP contribution is -2.44. The Balaban J connectivity index is 1.24. The van der Waals surface area contributed by atoms with E-state index in [1.807, 2.05) is 42.5 Å². The first kappa shape index (κ1) is 21.5. The summed E-state index contributed by atoms with van der Waals surface area (Å²) in [4.78, 5) is 10.9. The molecule has 164 valence electrons. The summed E-state index contributed by atoms with van der Waals surface area (Å²) in [6, 6.07) is 13.8. The number of likely N-dealkylation sites (tertiary alicyclic amines) is 1. The van der Waals surface area contributed by atoms with Crippen LogP contribution in [0.25, 0.3) is 10.9 Å². The Morgan fingerprint density at radius 2 is 2.00 bits per heavy atom. The van der Waals surface area contributed by atoms with Crippen molar-refractivity contribution in [2.75, 3.05) is 39.9 Å². The summed E-state index contributed by atoms with van der Waals surface area (Å²) in [5.41, 5.74) is 1.77. The number of piperidine rings is 1. The Bertz CT molecular complexity index is 961. The lowest BCUT2D eigenvalue weighted by Gasteiger charge is -2.33. The van der Waals surface area contributed by atoms with Crippen molar-refractivity contribution in [1.82, 2.24) is 20.2 Å². The first-order valence-corrected chi connectivity index (χ1v) is 10.8. The number of β-amino-alcohol motifs (C(OH)–C–C–N with tert-alkyl or cyclic N) is 1. The van der Waals surface area contributed by atoms with Crippen molar-refractivity contribution < 1.29 is 14.6 Å². The molecular formula is C24H30N4O3. The number of aliphatic hydroxyl groups is 1. The molecule has 4 rings (SSSR count). The highest BCUT2D eigenvalue weighted by Gasteiger charge is 2.22. The Labute approximate surface area is 183 Å². The van der Waals surface area contributed by atoms with Gasteiger partial charge in [-0.3, -0.25) is 4.98 Å². The summed E-state index contributed by atoms with van der Waals surface area (Å²) in [5.74, 6) is 1.43. The van der Waals surface area contributed by atoms with Crippen molar-refractivity contribution in [1.29, 1.82) is 0 Å². The summed E-state index contributed by atoms with van der Waals surface area (Å²) in [5, 5.41) is 15.4. The molecule has 31 heavy (non-hydrogen) atoms. The van der Waals surface area contributed by atoms with Crippen molar-refractivity contribution in [2.24, 2.45) is 0 Å². The van der Waals surface area contributed by atoms with Gasteiger partial charge in [-0.05, 0) is 61.8 Å². The number of nitrogens with one attached hydrogen (secondary N) is 1. The van der Waals surface area contributed by atoms with Crippen molar-refractivity contribution in [3.8, 4) is 11.6 Å². The van der Waals surface area contributed by atoms with E-state index in [1.165, 1.54) is 0 Å². The minimum absolute atomic E-state index is 0.478. The molecule has 1 aromatic carbocycles. The maximum absolute atomic E-state index is 10.9. The number of aliphatic hydroxyl groups excluding tert-OH is 1. The van der Waals surface area contributed by atoms with Gasteiger partial charge in [-0.1, -0.05) is 6.07 Å². The molecule has 2 aromatic heterocycles. The van der Waals surface area contributed by atoms with E-state index >= 15 is 0 Å². The normalized spacial score (nSPS) is 16.3. The van der Waals surface area contributed by atoms with Gasteiger partial charge in [0, 0.05) is 43.0 Å². The van der Waals surface area contributed by atoms with E-state index in [0.717, 1.165) is 54.7 Å². The highest BCUT2D eigenvalue weighted by molar-refractivity contribution is 5.83. The molecular weight excluding hydrogens is 392 g/mol. The molecule has 1 aliphatic heterocycles. The summed E-state index contributed by atoms with van der Waals surface area (Å²) in [6.45, 7) is 3.94. The van der Waals surface area contributed by atoms with Gasteiger partial charge in [0.2, 0.25) is 5.88 Å². The quantitative estimate of drug-likeness (QED) is 0.513. The molecule has 1 atom stereocenters. The number of benzene rings is 1. The maximum Gasteiger partial charge on any atom is 0.213 e. The molecule has 0 saturated carbocycles. The lowest BCUT2D eigenvalue weighted by atomic mass is 10.0. The number of ether oxygens (including phenoxy) is 2. The molecule has 3 aromatic rings. The highest BCUT2D eigenvalue weighted by atomic mass is 16.5. The number of hydrogen-bond acceptors (Lipinski definition) is 7. The lowest BCUT2D eigenvalue weighted by molar-refractivity contribution is 0.0945. The fourth-order valence-corrected chi connectivity index (χ4v) is 4.08. The molecule has 0 spiro atoms. The third kappa shape index (κ3) is 5.70. The number of nitrogens with zero attached hydrogens (tertiary/aromatic N) is 3. The van der Waals surface area contributed by atoms with Gasteiger partial charge in [-0.25, -0.2) is 4.98 Å². The largest absolute Gasteiger partial charge is 0.497 e. The van der Waals surface area contributed by atoms with Crippen molar-refractivity contribution in [3.63, 3.8) is 0 Å². The number of fused-ring (bicyclic) bond motifs is 1. The van der Waals surface area contributed by atoms with Gasteiger partial charge >= 0.3 is 0 Å². The first-order chi connectivity index (χ1) is 15.2. The molecule has 0 amide bonds. The number of methoxy groups -OCH3 is 1. The first-order valence-electron chi connectivity index (χ1n) is 10.8. The van der Waals surface area contributed by atoms with Crippen LogP contribution in [0, 0.1) is 0 Å². The van der Waals surface area contributed by atoms with E-state index < -0.39 is 6.10 Å². The molecule has 7 nitrogen and oxygen atoms in total. The Hall–Kier alpha value is -2.74.